The third-order valence-electron chi connectivity index (χ3n) is 5.81. The fourth-order valence-corrected chi connectivity index (χ4v) is 4.02. The van der Waals surface area contributed by atoms with Crippen LogP contribution in [0.15, 0.2) is 36.7 Å². The summed E-state index contributed by atoms with van der Waals surface area (Å²) in [6.45, 7) is 1.94. The second kappa shape index (κ2) is 10.4. The highest BCUT2D eigenvalue weighted by Crippen LogP contribution is 2.36. The summed E-state index contributed by atoms with van der Waals surface area (Å²) in [4.78, 5) is 24.3. The first kappa shape index (κ1) is 24.0. The van der Waals surface area contributed by atoms with Gasteiger partial charge in [0.1, 0.15) is 18.2 Å². The van der Waals surface area contributed by atoms with Gasteiger partial charge in [-0.25, -0.2) is 14.4 Å². The molecule has 1 N–H and O–H groups in total. The number of aromatic nitrogens is 2. The van der Waals surface area contributed by atoms with Gasteiger partial charge in [-0.05, 0) is 31.0 Å². The van der Waals surface area contributed by atoms with Crippen LogP contribution in [0.2, 0.25) is 5.02 Å². The van der Waals surface area contributed by atoms with Gasteiger partial charge in [0.15, 0.2) is 17.3 Å². The molecule has 0 radical (unpaired) electrons. The minimum Gasteiger partial charge on any atom is -0.493 e. The number of hydrogen-bond acceptors (Lipinski definition) is 7. The molecule has 1 amide bonds. The molecule has 0 unspecified atom stereocenters. The number of fused-ring (bicyclic) bond motifs is 1. The summed E-state index contributed by atoms with van der Waals surface area (Å²) in [5.41, 5.74) is 0.839. The van der Waals surface area contributed by atoms with Crippen LogP contribution in [0, 0.1) is 5.82 Å². The maximum absolute atomic E-state index is 14.4. The lowest BCUT2D eigenvalue weighted by atomic mass is 10.1. The zero-order valence-electron chi connectivity index (χ0n) is 19.3. The molecule has 3 aromatic rings. The maximum atomic E-state index is 14.4. The lowest BCUT2D eigenvalue weighted by molar-refractivity contribution is -0.130. The van der Waals surface area contributed by atoms with Crippen molar-refractivity contribution in [3.8, 4) is 11.5 Å². The lowest BCUT2D eigenvalue weighted by Gasteiger charge is -2.32. The Labute approximate surface area is 202 Å². The van der Waals surface area contributed by atoms with Crippen LogP contribution in [0.4, 0.5) is 15.9 Å². The molecule has 2 aromatic carbocycles. The summed E-state index contributed by atoms with van der Waals surface area (Å²) in [6.07, 6.45) is 2.94. The van der Waals surface area contributed by atoms with E-state index in [4.69, 9.17) is 21.1 Å². The number of benzene rings is 2. The number of likely N-dealkylation sites (tertiary alicyclic amines) is 1. The summed E-state index contributed by atoms with van der Waals surface area (Å²) >= 11 is 5.92. The molecular formula is C24H27ClFN5O3. The smallest absolute Gasteiger partial charge is 0.236 e. The molecule has 0 bridgehead atoms. The molecule has 1 saturated heterocycles. The van der Waals surface area contributed by atoms with Gasteiger partial charge >= 0.3 is 0 Å². The minimum atomic E-state index is -0.555. The van der Waals surface area contributed by atoms with Crippen LogP contribution in [0.1, 0.15) is 12.8 Å². The Morgan fingerprint density at radius 2 is 2.00 bits per heavy atom. The number of amides is 1. The molecule has 1 aromatic heterocycles. The highest BCUT2D eigenvalue weighted by Gasteiger charge is 2.24. The molecule has 1 aliphatic rings. The largest absolute Gasteiger partial charge is 0.493 e. The van der Waals surface area contributed by atoms with Crippen molar-refractivity contribution < 1.29 is 18.7 Å². The highest BCUT2D eigenvalue weighted by atomic mass is 35.5. The predicted molar refractivity (Wildman–Crippen MR) is 130 cm³/mol. The van der Waals surface area contributed by atoms with Crippen LogP contribution in [-0.2, 0) is 4.79 Å². The topological polar surface area (TPSA) is 79.8 Å². The summed E-state index contributed by atoms with van der Waals surface area (Å²) in [7, 11) is 5.10. The molecular weight excluding hydrogens is 461 g/mol. The van der Waals surface area contributed by atoms with E-state index >= 15 is 0 Å². The number of nitrogens with zero attached hydrogens (tertiary/aromatic N) is 4. The van der Waals surface area contributed by atoms with Crippen molar-refractivity contribution >= 4 is 39.9 Å². The molecule has 0 aliphatic carbocycles. The molecule has 34 heavy (non-hydrogen) atoms. The van der Waals surface area contributed by atoms with Gasteiger partial charge in [0.25, 0.3) is 0 Å². The van der Waals surface area contributed by atoms with E-state index in [2.05, 4.69) is 20.2 Å². The summed E-state index contributed by atoms with van der Waals surface area (Å²) in [5.74, 6) is 1.07. The van der Waals surface area contributed by atoms with E-state index in [1.54, 1.807) is 50.4 Å². The zero-order valence-corrected chi connectivity index (χ0v) is 20.1. The Bertz CT molecular complexity index is 1180. The quantitative estimate of drug-likeness (QED) is 0.537. The summed E-state index contributed by atoms with van der Waals surface area (Å²) in [6, 6.07) is 8.31. The Kier molecular flexibility index (Phi) is 7.33. The SMILES string of the molecule is COc1cc2ncnc(Nc3cccc(Cl)c3F)c2cc1OC1CCN(CC(=O)N(C)C)CC1. The molecule has 10 heteroatoms. The molecule has 180 valence electrons. The summed E-state index contributed by atoms with van der Waals surface area (Å²) in [5, 5.41) is 3.69. The van der Waals surface area contributed by atoms with Crippen LogP contribution >= 0.6 is 11.6 Å². The highest BCUT2D eigenvalue weighted by molar-refractivity contribution is 6.31. The van der Waals surface area contributed by atoms with Crippen molar-refractivity contribution in [1.82, 2.24) is 19.8 Å². The Morgan fingerprint density at radius 1 is 1.24 bits per heavy atom. The molecule has 2 heterocycles. The van der Waals surface area contributed by atoms with E-state index in [1.165, 1.54) is 12.4 Å². The second-order valence-electron chi connectivity index (χ2n) is 8.35. The van der Waals surface area contributed by atoms with Gasteiger partial charge in [-0.3, -0.25) is 9.69 Å². The van der Waals surface area contributed by atoms with Crippen molar-refractivity contribution in [2.24, 2.45) is 0 Å². The number of carbonyl (C=O) groups is 1. The van der Waals surface area contributed by atoms with E-state index in [0.29, 0.717) is 34.8 Å². The fourth-order valence-electron chi connectivity index (χ4n) is 3.84. The molecule has 0 spiro atoms. The van der Waals surface area contributed by atoms with Gasteiger partial charge in [-0.2, -0.15) is 0 Å². The minimum absolute atomic E-state index is 0.0210. The van der Waals surface area contributed by atoms with Gasteiger partial charge < -0.3 is 19.7 Å². The van der Waals surface area contributed by atoms with Crippen molar-refractivity contribution in [3.63, 3.8) is 0 Å². The Hall–Kier alpha value is -3.17. The molecule has 1 fully saturated rings. The molecule has 8 nitrogen and oxygen atoms in total. The number of halogens is 2. The number of nitrogens with one attached hydrogen (secondary N) is 1. The van der Waals surface area contributed by atoms with Crippen molar-refractivity contribution in [3.05, 3.63) is 47.5 Å². The average molecular weight is 488 g/mol. The van der Waals surface area contributed by atoms with Crippen LogP contribution in [0.25, 0.3) is 10.9 Å². The predicted octanol–water partition coefficient (Wildman–Crippen LogP) is 4.11. The maximum Gasteiger partial charge on any atom is 0.236 e. The monoisotopic (exact) mass is 487 g/mol. The fraction of sp³-hybridized carbons (Fsp3) is 0.375. The summed E-state index contributed by atoms with van der Waals surface area (Å²) < 4.78 is 26.3. The zero-order chi connectivity index (χ0) is 24.2. The van der Waals surface area contributed by atoms with E-state index in [-0.39, 0.29) is 22.7 Å². The number of rotatable bonds is 7. The first-order valence-electron chi connectivity index (χ1n) is 11.0. The Morgan fingerprint density at radius 3 is 2.71 bits per heavy atom. The van der Waals surface area contributed by atoms with Crippen molar-refractivity contribution in [2.45, 2.75) is 18.9 Å². The number of anilines is 2. The van der Waals surface area contributed by atoms with E-state index in [1.807, 2.05) is 0 Å². The third kappa shape index (κ3) is 5.31. The van der Waals surface area contributed by atoms with Crippen LogP contribution in [-0.4, -0.2) is 72.6 Å². The number of carbonyl (C=O) groups excluding carboxylic acids is 1. The standard InChI is InChI=1S/C24H27ClFN5O3/c1-30(2)22(32)13-31-9-7-15(8-10-31)34-21-11-16-19(12-20(21)33-3)27-14-28-24(16)29-18-6-4-5-17(25)23(18)26/h4-6,11-12,14-15H,7-10,13H2,1-3H3,(H,27,28,29). The number of ether oxygens (including phenoxy) is 2. The van der Waals surface area contributed by atoms with Crippen LogP contribution in [0.5, 0.6) is 11.5 Å². The number of hydrogen-bond donors (Lipinski definition) is 1. The van der Waals surface area contributed by atoms with E-state index < -0.39 is 5.82 Å². The molecule has 1 aliphatic heterocycles. The van der Waals surface area contributed by atoms with Gasteiger partial charge in [0, 0.05) is 38.6 Å². The Balaban J connectivity index is 1.54. The van der Waals surface area contributed by atoms with Crippen LogP contribution < -0.4 is 14.8 Å². The number of piperidine rings is 1. The van der Waals surface area contributed by atoms with Gasteiger partial charge in [0.2, 0.25) is 5.91 Å². The van der Waals surface area contributed by atoms with Crippen molar-refractivity contribution in [2.75, 3.05) is 46.2 Å². The number of likely N-dealkylation sites (N-methyl/N-ethyl adjacent to an activating group) is 1. The molecule has 4 rings (SSSR count). The average Bonchev–Trinajstić information content (AvgIpc) is 2.83. The van der Waals surface area contributed by atoms with Crippen LogP contribution in [0.3, 0.4) is 0 Å². The first-order chi connectivity index (χ1) is 16.4. The normalized spacial score (nSPS) is 14.7. The molecule has 0 atom stereocenters. The van der Waals surface area contributed by atoms with Gasteiger partial charge in [-0.1, -0.05) is 17.7 Å². The van der Waals surface area contributed by atoms with Gasteiger partial charge in [0.05, 0.1) is 29.9 Å². The van der Waals surface area contributed by atoms with Gasteiger partial charge in [-0.15, -0.1) is 0 Å². The van der Waals surface area contributed by atoms with Crippen molar-refractivity contribution in [1.29, 1.82) is 0 Å². The van der Waals surface area contributed by atoms with E-state index in [9.17, 15) is 9.18 Å². The molecule has 0 saturated carbocycles. The third-order valence-corrected chi connectivity index (χ3v) is 6.10. The second-order valence-corrected chi connectivity index (χ2v) is 8.76. The first-order valence-corrected chi connectivity index (χ1v) is 11.4. The lowest BCUT2D eigenvalue weighted by Crippen LogP contribution is -2.43. The number of methoxy groups -OCH3 is 1. The van der Waals surface area contributed by atoms with E-state index in [0.717, 1.165) is 25.9 Å².